The quantitative estimate of drug-likeness (QED) is 0.775. The molecule has 0 radical (unpaired) electrons. The molecule has 0 spiro atoms. The van der Waals surface area contributed by atoms with E-state index >= 15 is 0 Å². The van der Waals surface area contributed by atoms with Crippen LogP contribution in [0.15, 0.2) is 6.20 Å². The molecule has 2 amide bonds. The molecule has 2 aliphatic rings. The number of anilines is 1. The maximum Gasteiger partial charge on any atom is 0.410 e. The standard InChI is InChI=1S/C16H22F2N4O3/c1-10-8-22-12(9-21(10)14(24)25-15(2,3)4)11(7-19-22)20-6-5-16(17,18)13(20)23/h7,10H,5-6,8-9H2,1-4H3/t10-/m0/s1. The Balaban J connectivity index is 1.86. The number of hydrogen-bond donors (Lipinski definition) is 0. The minimum Gasteiger partial charge on any atom is -0.444 e. The summed E-state index contributed by atoms with van der Waals surface area (Å²) in [6, 6.07) is -0.161. The molecule has 3 heterocycles. The number of amides is 2. The molecule has 138 valence electrons. The molecule has 25 heavy (non-hydrogen) atoms. The summed E-state index contributed by atoms with van der Waals surface area (Å²) in [6.07, 6.45) is 0.430. The van der Waals surface area contributed by atoms with Crippen molar-refractivity contribution >= 4 is 17.7 Å². The monoisotopic (exact) mass is 356 g/mol. The summed E-state index contributed by atoms with van der Waals surface area (Å²) >= 11 is 0. The number of carbonyl (C=O) groups is 2. The normalized spacial score (nSPS) is 23.0. The summed E-state index contributed by atoms with van der Waals surface area (Å²) in [4.78, 5) is 26.9. The lowest BCUT2D eigenvalue weighted by Gasteiger charge is -2.36. The molecule has 2 aliphatic heterocycles. The fraction of sp³-hybridized carbons (Fsp3) is 0.688. The average molecular weight is 356 g/mol. The third-order valence-corrected chi connectivity index (χ3v) is 4.34. The molecule has 7 nitrogen and oxygen atoms in total. The van der Waals surface area contributed by atoms with Crippen LogP contribution in [0.5, 0.6) is 0 Å². The topological polar surface area (TPSA) is 67.7 Å². The molecule has 1 aromatic rings. The van der Waals surface area contributed by atoms with Gasteiger partial charge in [-0.1, -0.05) is 0 Å². The molecule has 0 aromatic carbocycles. The summed E-state index contributed by atoms with van der Waals surface area (Å²) in [5.41, 5.74) is 0.266. The van der Waals surface area contributed by atoms with E-state index in [0.717, 1.165) is 4.90 Å². The van der Waals surface area contributed by atoms with Gasteiger partial charge >= 0.3 is 12.0 Å². The van der Waals surface area contributed by atoms with Crippen molar-refractivity contribution in [3.8, 4) is 0 Å². The molecule has 3 rings (SSSR count). The summed E-state index contributed by atoms with van der Waals surface area (Å²) in [5, 5.41) is 4.20. The molecule has 1 saturated heterocycles. The zero-order valence-electron chi connectivity index (χ0n) is 14.8. The maximum atomic E-state index is 13.6. The third kappa shape index (κ3) is 3.19. The highest BCUT2D eigenvalue weighted by molar-refractivity contribution is 6.01. The van der Waals surface area contributed by atoms with Crippen molar-refractivity contribution in [1.82, 2.24) is 14.7 Å². The van der Waals surface area contributed by atoms with Gasteiger partial charge in [-0.2, -0.15) is 13.9 Å². The lowest BCUT2D eigenvalue weighted by atomic mass is 10.2. The van der Waals surface area contributed by atoms with E-state index in [2.05, 4.69) is 5.10 Å². The Hall–Kier alpha value is -2.19. The highest BCUT2D eigenvalue weighted by Crippen LogP contribution is 2.35. The molecule has 0 N–H and O–H groups in total. The van der Waals surface area contributed by atoms with Gasteiger partial charge in [0, 0.05) is 13.0 Å². The minimum atomic E-state index is -3.35. The number of halogens is 2. The van der Waals surface area contributed by atoms with Crippen LogP contribution < -0.4 is 4.90 Å². The lowest BCUT2D eigenvalue weighted by Crippen LogP contribution is -2.47. The highest BCUT2D eigenvalue weighted by Gasteiger charge is 2.49. The molecular weight excluding hydrogens is 334 g/mol. The molecule has 1 fully saturated rings. The van der Waals surface area contributed by atoms with E-state index in [-0.39, 0.29) is 19.1 Å². The summed E-state index contributed by atoms with van der Waals surface area (Å²) < 4.78 is 34.2. The van der Waals surface area contributed by atoms with Crippen LogP contribution in [0, 0.1) is 0 Å². The van der Waals surface area contributed by atoms with Crippen molar-refractivity contribution in [2.24, 2.45) is 0 Å². The molecule has 0 unspecified atom stereocenters. The fourth-order valence-corrected chi connectivity index (χ4v) is 3.07. The van der Waals surface area contributed by atoms with Crippen molar-refractivity contribution in [3.05, 3.63) is 11.9 Å². The van der Waals surface area contributed by atoms with Gasteiger partial charge in [0.15, 0.2) is 0 Å². The maximum absolute atomic E-state index is 13.6. The first-order valence-electron chi connectivity index (χ1n) is 8.24. The third-order valence-electron chi connectivity index (χ3n) is 4.34. The smallest absolute Gasteiger partial charge is 0.410 e. The summed E-state index contributed by atoms with van der Waals surface area (Å²) in [5.74, 6) is -4.56. The van der Waals surface area contributed by atoms with Gasteiger partial charge in [0.2, 0.25) is 0 Å². The predicted molar refractivity (Wildman–Crippen MR) is 85.4 cm³/mol. The SMILES string of the molecule is C[C@H]1Cn2ncc(N3CCC(F)(F)C3=O)c2CN1C(=O)OC(C)(C)C. The van der Waals surface area contributed by atoms with Gasteiger partial charge in [-0.25, -0.2) is 4.79 Å². The molecule has 9 heteroatoms. The van der Waals surface area contributed by atoms with E-state index in [1.165, 1.54) is 11.1 Å². The number of alkyl halides is 2. The van der Waals surface area contributed by atoms with Gasteiger partial charge in [-0.3, -0.25) is 14.4 Å². The first-order valence-corrected chi connectivity index (χ1v) is 8.24. The van der Waals surface area contributed by atoms with Crippen LogP contribution in [-0.4, -0.2) is 50.8 Å². The Morgan fingerprint density at radius 3 is 2.64 bits per heavy atom. The second-order valence-corrected chi connectivity index (χ2v) is 7.53. The van der Waals surface area contributed by atoms with Crippen molar-refractivity contribution in [2.75, 3.05) is 11.4 Å². The number of carbonyl (C=O) groups excluding carboxylic acids is 2. The van der Waals surface area contributed by atoms with Crippen LogP contribution in [0.25, 0.3) is 0 Å². The first kappa shape index (κ1) is 17.6. The Morgan fingerprint density at radius 2 is 2.08 bits per heavy atom. The van der Waals surface area contributed by atoms with Crippen molar-refractivity contribution < 1.29 is 23.1 Å². The van der Waals surface area contributed by atoms with Crippen LogP contribution >= 0.6 is 0 Å². The van der Waals surface area contributed by atoms with Crippen molar-refractivity contribution in [1.29, 1.82) is 0 Å². The highest BCUT2D eigenvalue weighted by atomic mass is 19.3. The van der Waals surface area contributed by atoms with E-state index in [4.69, 9.17) is 4.74 Å². The van der Waals surface area contributed by atoms with Gasteiger partial charge in [0.1, 0.15) is 5.60 Å². The lowest BCUT2D eigenvalue weighted by molar-refractivity contribution is -0.137. The van der Waals surface area contributed by atoms with Gasteiger partial charge < -0.3 is 9.64 Å². The average Bonchev–Trinajstić information content (AvgIpc) is 2.98. The molecule has 0 saturated carbocycles. The van der Waals surface area contributed by atoms with Gasteiger partial charge in [-0.05, 0) is 27.7 Å². The number of aromatic nitrogens is 2. The molecule has 1 atom stereocenters. The zero-order chi connectivity index (χ0) is 18.6. The predicted octanol–water partition coefficient (Wildman–Crippen LogP) is 2.39. The molecule has 1 aromatic heterocycles. The second kappa shape index (κ2) is 5.67. The van der Waals surface area contributed by atoms with Crippen LogP contribution in [0.3, 0.4) is 0 Å². The Bertz CT molecular complexity index is 711. The van der Waals surface area contributed by atoms with Gasteiger partial charge in [-0.15, -0.1) is 0 Å². The van der Waals surface area contributed by atoms with Gasteiger partial charge in [0.05, 0.1) is 36.7 Å². The number of hydrogen-bond acceptors (Lipinski definition) is 4. The van der Waals surface area contributed by atoms with E-state index in [0.29, 0.717) is 17.9 Å². The summed E-state index contributed by atoms with van der Waals surface area (Å²) in [7, 11) is 0. The van der Waals surface area contributed by atoms with Crippen LogP contribution in [0.4, 0.5) is 19.3 Å². The minimum absolute atomic E-state index is 0.0630. The van der Waals surface area contributed by atoms with Crippen LogP contribution in [0.1, 0.15) is 39.8 Å². The Morgan fingerprint density at radius 1 is 1.40 bits per heavy atom. The first-order chi connectivity index (χ1) is 11.5. The number of fused-ring (bicyclic) bond motifs is 1. The van der Waals surface area contributed by atoms with E-state index in [9.17, 15) is 18.4 Å². The molecular formula is C16H22F2N4O3. The van der Waals surface area contributed by atoms with Gasteiger partial charge in [0.25, 0.3) is 5.91 Å². The number of ether oxygens (including phenoxy) is 1. The largest absolute Gasteiger partial charge is 0.444 e. The van der Waals surface area contributed by atoms with Crippen molar-refractivity contribution in [2.45, 2.75) is 64.8 Å². The number of nitrogens with zero attached hydrogens (tertiary/aromatic N) is 4. The van der Waals surface area contributed by atoms with E-state index in [1.807, 2.05) is 6.92 Å². The molecule has 0 aliphatic carbocycles. The number of rotatable bonds is 1. The Labute approximate surface area is 144 Å². The zero-order valence-corrected chi connectivity index (χ0v) is 14.8. The fourth-order valence-electron chi connectivity index (χ4n) is 3.07. The second-order valence-electron chi connectivity index (χ2n) is 7.53. The van der Waals surface area contributed by atoms with Crippen LogP contribution in [-0.2, 0) is 22.6 Å². The Kier molecular flexibility index (Phi) is 4.00. The van der Waals surface area contributed by atoms with E-state index < -0.39 is 29.9 Å². The van der Waals surface area contributed by atoms with Crippen molar-refractivity contribution in [3.63, 3.8) is 0 Å². The summed E-state index contributed by atoms with van der Waals surface area (Å²) in [6.45, 7) is 7.70. The van der Waals surface area contributed by atoms with E-state index in [1.54, 1.807) is 25.5 Å². The van der Waals surface area contributed by atoms with Crippen LogP contribution in [0.2, 0.25) is 0 Å². The molecule has 0 bridgehead atoms.